The topological polar surface area (TPSA) is 108 Å². The van der Waals surface area contributed by atoms with Gasteiger partial charge in [0.05, 0.1) is 27.7 Å². The molecule has 0 amide bonds. The van der Waals surface area contributed by atoms with Gasteiger partial charge in [0.15, 0.2) is 6.10 Å². The summed E-state index contributed by atoms with van der Waals surface area (Å²) in [7, 11) is 1.48. The van der Waals surface area contributed by atoms with Crippen molar-refractivity contribution in [2.45, 2.75) is 219 Å². The first-order valence-corrected chi connectivity index (χ1v) is 24.4. The Morgan fingerprint density at radius 2 is 0.927 bits per heavy atom. The first-order chi connectivity index (χ1) is 26.5. The van der Waals surface area contributed by atoms with Gasteiger partial charge in [-0.25, -0.2) is 4.57 Å². The van der Waals surface area contributed by atoms with Gasteiger partial charge in [0.1, 0.15) is 19.8 Å². The van der Waals surface area contributed by atoms with E-state index in [1.54, 1.807) is 0 Å². The summed E-state index contributed by atoms with van der Waals surface area (Å²) in [5.74, 6) is -0.806. The van der Waals surface area contributed by atoms with E-state index in [0.29, 0.717) is 23.9 Å². The second-order valence-electron chi connectivity index (χ2n) is 16.8. The number of hydrogen-bond acceptors (Lipinski definition) is 7. The lowest BCUT2D eigenvalue weighted by atomic mass is 10.0. The molecular formula is C45H89NO8P+. The predicted molar refractivity (Wildman–Crippen MR) is 229 cm³/mol. The normalized spacial score (nSPS) is 13.6. The van der Waals surface area contributed by atoms with Crippen molar-refractivity contribution in [2.75, 3.05) is 47.5 Å². The van der Waals surface area contributed by atoms with Crippen molar-refractivity contribution in [3.05, 3.63) is 12.2 Å². The summed E-state index contributed by atoms with van der Waals surface area (Å²) in [6.07, 6.45) is 39.7. The van der Waals surface area contributed by atoms with Crippen LogP contribution < -0.4 is 0 Å². The minimum absolute atomic E-state index is 0.0322. The number of carbonyl (C=O) groups excluding carboxylic acids is 2. The van der Waals surface area contributed by atoms with Crippen LogP contribution in [0.5, 0.6) is 0 Å². The minimum Gasteiger partial charge on any atom is -0.462 e. The second-order valence-corrected chi connectivity index (χ2v) is 18.2. The molecule has 0 bridgehead atoms. The number of phosphoric ester groups is 1. The van der Waals surface area contributed by atoms with Crippen LogP contribution in [0.3, 0.4) is 0 Å². The van der Waals surface area contributed by atoms with E-state index in [1.165, 1.54) is 135 Å². The highest BCUT2D eigenvalue weighted by atomic mass is 31.2. The summed E-state index contributed by atoms with van der Waals surface area (Å²) in [6, 6.07) is 0. The summed E-state index contributed by atoms with van der Waals surface area (Å²) in [5, 5.41) is 0. The number of quaternary nitrogens is 1. The molecule has 326 valence electrons. The van der Waals surface area contributed by atoms with E-state index in [0.717, 1.165) is 44.9 Å². The lowest BCUT2D eigenvalue weighted by molar-refractivity contribution is -0.870. The van der Waals surface area contributed by atoms with Crippen LogP contribution in [0.15, 0.2) is 12.2 Å². The highest BCUT2D eigenvalue weighted by Gasteiger charge is 2.27. The number of carbonyl (C=O) groups is 2. The van der Waals surface area contributed by atoms with Crippen molar-refractivity contribution in [1.82, 2.24) is 0 Å². The smallest absolute Gasteiger partial charge is 0.462 e. The molecule has 0 aromatic heterocycles. The van der Waals surface area contributed by atoms with Gasteiger partial charge in [-0.05, 0) is 38.5 Å². The van der Waals surface area contributed by atoms with E-state index in [-0.39, 0.29) is 25.6 Å². The molecule has 0 aliphatic carbocycles. The van der Waals surface area contributed by atoms with E-state index >= 15 is 0 Å². The van der Waals surface area contributed by atoms with Crippen molar-refractivity contribution in [3.63, 3.8) is 0 Å². The van der Waals surface area contributed by atoms with Crippen LogP contribution in [0, 0.1) is 0 Å². The zero-order chi connectivity index (χ0) is 40.7. The molecule has 0 saturated heterocycles. The molecule has 0 aromatic carbocycles. The third-order valence-corrected chi connectivity index (χ3v) is 11.0. The van der Waals surface area contributed by atoms with Gasteiger partial charge in [-0.15, -0.1) is 0 Å². The Bertz CT molecular complexity index is 954. The largest absolute Gasteiger partial charge is 0.472 e. The number of rotatable bonds is 42. The van der Waals surface area contributed by atoms with E-state index in [9.17, 15) is 19.0 Å². The lowest BCUT2D eigenvalue weighted by Gasteiger charge is -2.24. The van der Waals surface area contributed by atoms with Crippen LogP contribution in [0.2, 0.25) is 0 Å². The molecule has 0 aromatic rings. The van der Waals surface area contributed by atoms with E-state index in [1.807, 2.05) is 21.1 Å². The van der Waals surface area contributed by atoms with Gasteiger partial charge in [0.25, 0.3) is 0 Å². The SMILES string of the molecule is CCCCCCCCCC/C=C/CCCCCC(=O)O[C@H](COC(=O)CCCCCCCCCCCCCCCCCC)COP(=O)(O)OCC[N+](C)(C)C. The molecule has 0 spiro atoms. The van der Waals surface area contributed by atoms with E-state index in [2.05, 4.69) is 26.0 Å². The van der Waals surface area contributed by atoms with Gasteiger partial charge in [-0.1, -0.05) is 174 Å². The molecule has 0 aliphatic rings. The van der Waals surface area contributed by atoms with Crippen LogP contribution in [0.4, 0.5) is 0 Å². The van der Waals surface area contributed by atoms with Crippen LogP contribution in [-0.4, -0.2) is 74.9 Å². The van der Waals surface area contributed by atoms with Gasteiger partial charge in [0, 0.05) is 12.8 Å². The molecule has 0 radical (unpaired) electrons. The van der Waals surface area contributed by atoms with Gasteiger partial charge < -0.3 is 18.9 Å². The van der Waals surface area contributed by atoms with Crippen molar-refractivity contribution in [2.24, 2.45) is 0 Å². The maximum Gasteiger partial charge on any atom is 0.472 e. The van der Waals surface area contributed by atoms with Crippen molar-refractivity contribution in [3.8, 4) is 0 Å². The summed E-state index contributed by atoms with van der Waals surface area (Å²) in [6.45, 7) is 4.43. The summed E-state index contributed by atoms with van der Waals surface area (Å²) in [4.78, 5) is 35.4. The first-order valence-electron chi connectivity index (χ1n) is 22.9. The standard InChI is InChI=1S/C45H88NO8P/c1-6-8-10-12-14-16-18-20-22-24-25-27-29-31-33-35-37-44(47)51-41-43(42-53-55(49,50)52-40-39-46(3,4)5)54-45(48)38-36-34-32-30-28-26-23-21-19-17-15-13-11-9-7-2/h26,28,43H,6-25,27,29-42H2,1-5H3/p+1/b28-26+/t43-/m1/s1. The fraction of sp³-hybridized carbons (Fsp3) is 0.911. The van der Waals surface area contributed by atoms with Crippen LogP contribution in [0.25, 0.3) is 0 Å². The Balaban J connectivity index is 4.33. The number of esters is 2. The molecule has 1 unspecified atom stereocenters. The third kappa shape index (κ3) is 42.2. The molecule has 0 saturated carbocycles. The van der Waals surface area contributed by atoms with Crippen molar-refractivity contribution >= 4 is 19.8 Å². The zero-order valence-corrected chi connectivity index (χ0v) is 37.6. The van der Waals surface area contributed by atoms with Crippen molar-refractivity contribution in [1.29, 1.82) is 0 Å². The van der Waals surface area contributed by atoms with Gasteiger partial charge >= 0.3 is 19.8 Å². The van der Waals surface area contributed by atoms with Crippen molar-refractivity contribution < 1.29 is 42.1 Å². The van der Waals surface area contributed by atoms with Gasteiger partial charge in [0.2, 0.25) is 0 Å². The molecule has 9 nitrogen and oxygen atoms in total. The summed E-state index contributed by atoms with van der Waals surface area (Å²) in [5.41, 5.74) is 0. The van der Waals surface area contributed by atoms with Gasteiger partial charge in [-0.2, -0.15) is 0 Å². The van der Waals surface area contributed by atoms with E-state index in [4.69, 9.17) is 18.5 Å². The molecule has 2 atom stereocenters. The molecule has 0 aliphatic heterocycles. The number of hydrogen-bond donors (Lipinski definition) is 1. The lowest BCUT2D eigenvalue weighted by Crippen LogP contribution is -2.37. The van der Waals surface area contributed by atoms with Crippen LogP contribution in [-0.2, 0) is 32.7 Å². The average molecular weight is 803 g/mol. The third-order valence-electron chi connectivity index (χ3n) is 10.0. The number of ether oxygens (including phenoxy) is 2. The highest BCUT2D eigenvalue weighted by Crippen LogP contribution is 2.43. The van der Waals surface area contributed by atoms with Gasteiger partial charge in [-0.3, -0.25) is 18.6 Å². The Kier molecular flexibility index (Phi) is 37.4. The summed E-state index contributed by atoms with van der Waals surface area (Å²) < 4.78 is 34.3. The van der Waals surface area contributed by atoms with E-state index < -0.39 is 26.5 Å². The van der Waals surface area contributed by atoms with Crippen LogP contribution >= 0.6 is 7.82 Å². The molecule has 0 rings (SSSR count). The van der Waals surface area contributed by atoms with Crippen LogP contribution in [0.1, 0.15) is 213 Å². The molecular weight excluding hydrogens is 713 g/mol. The number of likely N-dealkylation sites (N-methyl/N-ethyl adjacent to an activating group) is 1. The maximum absolute atomic E-state index is 12.7. The number of phosphoric acid groups is 1. The number of nitrogens with zero attached hydrogens (tertiary/aromatic N) is 1. The monoisotopic (exact) mass is 803 g/mol. The Morgan fingerprint density at radius 1 is 0.545 bits per heavy atom. The highest BCUT2D eigenvalue weighted by molar-refractivity contribution is 7.47. The average Bonchev–Trinajstić information content (AvgIpc) is 3.13. The maximum atomic E-state index is 12.7. The molecule has 0 heterocycles. The Morgan fingerprint density at radius 3 is 1.36 bits per heavy atom. The first kappa shape index (κ1) is 53.8. The zero-order valence-electron chi connectivity index (χ0n) is 36.7. The fourth-order valence-corrected chi connectivity index (χ4v) is 7.16. The summed E-state index contributed by atoms with van der Waals surface area (Å²) >= 11 is 0. The predicted octanol–water partition coefficient (Wildman–Crippen LogP) is 13.0. The Hall–Kier alpha value is -1.25. The fourth-order valence-electron chi connectivity index (χ4n) is 6.42. The second kappa shape index (κ2) is 38.3. The molecule has 0 fully saturated rings. The minimum atomic E-state index is -4.37. The number of allylic oxidation sites excluding steroid dienone is 2. The molecule has 10 heteroatoms. The molecule has 1 N–H and O–H groups in total. The number of unbranched alkanes of at least 4 members (excludes halogenated alkanes) is 26. The Labute approximate surface area is 339 Å². The molecule has 55 heavy (non-hydrogen) atoms. The quantitative estimate of drug-likeness (QED) is 0.0214.